The average molecular weight is 336 g/mol. The molecule has 0 aliphatic heterocycles. The highest BCUT2D eigenvalue weighted by atomic mass is 16.5. The summed E-state index contributed by atoms with van der Waals surface area (Å²) in [4.78, 5) is 38.7. The molecular formula is C20H16O5. The van der Waals surface area contributed by atoms with Gasteiger partial charge < -0.3 is 9.84 Å². The molecule has 0 amide bonds. The van der Waals surface area contributed by atoms with Gasteiger partial charge in [0.05, 0.1) is 18.8 Å². The minimum Gasteiger partial charge on any atom is -0.496 e. The summed E-state index contributed by atoms with van der Waals surface area (Å²) in [7, 11) is 1.44. The van der Waals surface area contributed by atoms with Crippen LogP contribution in [0.25, 0.3) is 0 Å². The standard InChI is InChI=1S/C20H16O5/c1-9-8-13(21)15-11(18(9)22)6-7-12-17(15)20(24)10-4-3-5-14(25-2)16(10)19(12)23/h3-7,9,18,22H,8H2,1-2H3/t9-,18?/m1/s1. The normalized spacial score (nSPS) is 21.5. The number of hydrogen-bond acceptors (Lipinski definition) is 5. The zero-order valence-corrected chi connectivity index (χ0v) is 13.8. The van der Waals surface area contributed by atoms with Gasteiger partial charge in [-0.3, -0.25) is 14.4 Å². The van der Waals surface area contributed by atoms with Gasteiger partial charge >= 0.3 is 0 Å². The number of ether oxygens (including phenoxy) is 1. The van der Waals surface area contributed by atoms with Crippen LogP contribution in [0.5, 0.6) is 5.75 Å². The second-order valence-corrected chi connectivity index (χ2v) is 6.54. The number of hydrogen-bond donors (Lipinski definition) is 1. The van der Waals surface area contributed by atoms with Gasteiger partial charge in [0.1, 0.15) is 5.75 Å². The summed E-state index contributed by atoms with van der Waals surface area (Å²) in [6.45, 7) is 1.79. The van der Waals surface area contributed by atoms with Gasteiger partial charge in [-0.2, -0.15) is 0 Å². The molecule has 2 aliphatic rings. The van der Waals surface area contributed by atoms with Crippen LogP contribution in [-0.4, -0.2) is 29.6 Å². The van der Waals surface area contributed by atoms with Crippen molar-refractivity contribution in [2.24, 2.45) is 5.92 Å². The van der Waals surface area contributed by atoms with Crippen LogP contribution < -0.4 is 4.74 Å². The van der Waals surface area contributed by atoms with E-state index in [0.29, 0.717) is 11.3 Å². The van der Waals surface area contributed by atoms with E-state index in [-0.39, 0.29) is 57.5 Å². The van der Waals surface area contributed by atoms with Crippen LogP contribution in [0.3, 0.4) is 0 Å². The number of carbonyl (C=O) groups is 3. The third-order valence-corrected chi connectivity index (χ3v) is 5.07. The monoisotopic (exact) mass is 336 g/mol. The van der Waals surface area contributed by atoms with Crippen molar-refractivity contribution in [3.05, 3.63) is 63.7 Å². The lowest BCUT2D eigenvalue weighted by atomic mass is 9.73. The van der Waals surface area contributed by atoms with Crippen molar-refractivity contribution in [1.29, 1.82) is 0 Å². The molecular weight excluding hydrogens is 320 g/mol. The van der Waals surface area contributed by atoms with E-state index in [0.717, 1.165) is 0 Å². The molecule has 0 bridgehead atoms. The van der Waals surface area contributed by atoms with Gasteiger partial charge in [0.2, 0.25) is 0 Å². The van der Waals surface area contributed by atoms with Gasteiger partial charge in [-0.25, -0.2) is 0 Å². The summed E-state index contributed by atoms with van der Waals surface area (Å²) in [6, 6.07) is 7.94. The topological polar surface area (TPSA) is 80.7 Å². The maximum absolute atomic E-state index is 13.1. The molecule has 0 spiro atoms. The molecule has 0 saturated carbocycles. The van der Waals surface area contributed by atoms with E-state index in [9.17, 15) is 19.5 Å². The first-order valence-corrected chi connectivity index (χ1v) is 8.10. The van der Waals surface area contributed by atoms with E-state index in [1.807, 2.05) is 0 Å². The quantitative estimate of drug-likeness (QED) is 0.739. The Morgan fingerprint density at radius 1 is 0.960 bits per heavy atom. The van der Waals surface area contributed by atoms with E-state index < -0.39 is 6.10 Å². The van der Waals surface area contributed by atoms with Crippen LogP contribution in [0.2, 0.25) is 0 Å². The predicted octanol–water partition coefficient (Wildman–Crippen LogP) is 2.73. The minimum absolute atomic E-state index is 0.110. The number of fused-ring (bicyclic) bond motifs is 4. The Morgan fingerprint density at radius 2 is 1.64 bits per heavy atom. The molecule has 1 N–H and O–H groups in total. The van der Waals surface area contributed by atoms with Crippen LogP contribution in [0.1, 0.15) is 67.2 Å². The largest absolute Gasteiger partial charge is 0.496 e. The summed E-state index contributed by atoms with van der Waals surface area (Å²) in [6.07, 6.45) is -0.676. The Balaban J connectivity index is 2.03. The highest BCUT2D eigenvalue weighted by Crippen LogP contribution is 2.41. The highest BCUT2D eigenvalue weighted by Gasteiger charge is 2.40. The van der Waals surface area contributed by atoms with Gasteiger partial charge in [0.15, 0.2) is 17.3 Å². The molecule has 2 atom stereocenters. The lowest BCUT2D eigenvalue weighted by Gasteiger charge is -2.30. The van der Waals surface area contributed by atoms with Crippen molar-refractivity contribution in [3.63, 3.8) is 0 Å². The molecule has 0 heterocycles. The number of rotatable bonds is 1. The number of carbonyl (C=O) groups excluding carboxylic acids is 3. The second-order valence-electron chi connectivity index (χ2n) is 6.54. The molecule has 4 rings (SSSR count). The highest BCUT2D eigenvalue weighted by molar-refractivity contribution is 6.32. The van der Waals surface area contributed by atoms with Crippen LogP contribution in [-0.2, 0) is 0 Å². The zero-order chi connectivity index (χ0) is 17.9. The summed E-state index contributed by atoms with van der Waals surface area (Å²) >= 11 is 0. The molecule has 25 heavy (non-hydrogen) atoms. The Bertz CT molecular complexity index is 957. The fourth-order valence-corrected chi connectivity index (χ4v) is 3.80. The Morgan fingerprint density at radius 3 is 2.36 bits per heavy atom. The molecule has 2 aromatic rings. The first-order chi connectivity index (χ1) is 12.0. The summed E-state index contributed by atoms with van der Waals surface area (Å²) in [5.74, 6) is -0.822. The van der Waals surface area contributed by atoms with Gasteiger partial charge in [0, 0.05) is 28.7 Å². The zero-order valence-electron chi connectivity index (χ0n) is 13.8. The maximum atomic E-state index is 13.1. The number of Topliss-reactive ketones (excluding diaryl/α,β-unsaturated/α-hetero) is 1. The molecule has 0 saturated heterocycles. The van der Waals surface area contributed by atoms with Crippen molar-refractivity contribution in [3.8, 4) is 5.75 Å². The Kier molecular flexibility index (Phi) is 3.37. The molecule has 5 nitrogen and oxygen atoms in total. The van der Waals surface area contributed by atoms with Crippen molar-refractivity contribution in [2.45, 2.75) is 19.4 Å². The van der Waals surface area contributed by atoms with Crippen molar-refractivity contribution < 1.29 is 24.2 Å². The lowest BCUT2D eigenvalue weighted by Crippen LogP contribution is -2.30. The SMILES string of the molecule is COc1cccc2c1C(=O)c1ccc3c(c1C2=O)C(=O)C[C@@H](C)C3O. The van der Waals surface area contributed by atoms with E-state index in [1.165, 1.54) is 13.2 Å². The molecule has 2 aliphatic carbocycles. The number of aliphatic hydroxyl groups is 1. The van der Waals surface area contributed by atoms with Crippen LogP contribution in [0.4, 0.5) is 0 Å². The Hall–Kier alpha value is -2.79. The van der Waals surface area contributed by atoms with Gasteiger partial charge in [0.25, 0.3) is 0 Å². The van der Waals surface area contributed by atoms with Gasteiger partial charge in [-0.05, 0) is 23.6 Å². The van der Waals surface area contributed by atoms with E-state index in [4.69, 9.17) is 4.74 Å². The van der Waals surface area contributed by atoms with Crippen molar-refractivity contribution in [1.82, 2.24) is 0 Å². The minimum atomic E-state index is -0.826. The van der Waals surface area contributed by atoms with E-state index in [1.54, 1.807) is 31.2 Å². The van der Waals surface area contributed by atoms with E-state index >= 15 is 0 Å². The van der Waals surface area contributed by atoms with Gasteiger partial charge in [-0.15, -0.1) is 0 Å². The first-order valence-electron chi connectivity index (χ1n) is 8.10. The maximum Gasteiger partial charge on any atom is 0.198 e. The van der Waals surface area contributed by atoms with Crippen LogP contribution >= 0.6 is 0 Å². The number of ketones is 3. The number of benzene rings is 2. The van der Waals surface area contributed by atoms with Gasteiger partial charge in [-0.1, -0.05) is 25.1 Å². The van der Waals surface area contributed by atoms with Crippen molar-refractivity contribution >= 4 is 17.3 Å². The Labute approximate surface area is 144 Å². The molecule has 2 aromatic carbocycles. The molecule has 0 fully saturated rings. The second kappa shape index (κ2) is 5.36. The van der Waals surface area contributed by atoms with Crippen LogP contribution in [0, 0.1) is 5.92 Å². The van der Waals surface area contributed by atoms with Crippen LogP contribution in [0.15, 0.2) is 30.3 Å². The van der Waals surface area contributed by atoms with Crippen molar-refractivity contribution in [2.75, 3.05) is 7.11 Å². The summed E-state index contributed by atoms with van der Waals surface area (Å²) < 4.78 is 5.23. The third-order valence-electron chi connectivity index (χ3n) is 5.07. The molecule has 5 heteroatoms. The lowest BCUT2D eigenvalue weighted by molar-refractivity contribution is 0.0745. The summed E-state index contributed by atoms with van der Waals surface area (Å²) in [5.41, 5.74) is 1.37. The fraction of sp³-hybridized carbons (Fsp3) is 0.250. The summed E-state index contributed by atoms with van der Waals surface area (Å²) in [5, 5.41) is 10.4. The first kappa shape index (κ1) is 15.7. The van der Waals surface area contributed by atoms with E-state index in [2.05, 4.69) is 0 Å². The molecule has 0 aromatic heterocycles. The number of aliphatic hydroxyl groups excluding tert-OH is 1. The molecule has 1 unspecified atom stereocenters. The smallest absolute Gasteiger partial charge is 0.198 e. The molecule has 126 valence electrons. The third kappa shape index (κ3) is 2.02. The predicted molar refractivity (Wildman–Crippen MR) is 89.4 cm³/mol. The fourth-order valence-electron chi connectivity index (χ4n) is 3.80. The number of methoxy groups -OCH3 is 1. The molecule has 0 radical (unpaired) electrons. The average Bonchev–Trinajstić information content (AvgIpc) is 2.62.